The van der Waals surface area contributed by atoms with E-state index < -0.39 is 0 Å². The molecule has 1 aliphatic rings. The van der Waals surface area contributed by atoms with Gasteiger partial charge in [0.1, 0.15) is 0 Å². The van der Waals surface area contributed by atoms with Crippen molar-refractivity contribution < 1.29 is 0 Å². The van der Waals surface area contributed by atoms with Crippen LogP contribution in [0.25, 0.3) is 132 Å². The van der Waals surface area contributed by atoms with E-state index in [0.717, 1.165) is 5.69 Å². The van der Waals surface area contributed by atoms with Gasteiger partial charge in [0.05, 0.1) is 22.1 Å². The monoisotopic (exact) mass is 784 g/mol. The topological polar surface area (TPSA) is 9.86 Å². The quantitative estimate of drug-likeness (QED) is 0.168. The smallest absolute Gasteiger partial charge is 0.0547 e. The van der Waals surface area contributed by atoms with Crippen LogP contribution in [0.4, 0.5) is 0 Å². The number of rotatable bonds is 4. The van der Waals surface area contributed by atoms with Crippen LogP contribution in [0.2, 0.25) is 0 Å². The van der Waals surface area contributed by atoms with Crippen LogP contribution in [0.3, 0.4) is 0 Å². The molecule has 286 valence electrons. The highest BCUT2D eigenvalue weighted by molar-refractivity contribution is 6.22. The van der Waals surface area contributed by atoms with Gasteiger partial charge in [-0.15, -0.1) is 0 Å². The van der Waals surface area contributed by atoms with Crippen LogP contribution in [0.1, 0.15) is 0 Å². The van der Waals surface area contributed by atoms with Crippen molar-refractivity contribution in [3.63, 3.8) is 0 Å². The van der Waals surface area contributed by atoms with E-state index in [4.69, 9.17) is 0 Å². The molecule has 13 aromatic rings. The first-order chi connectivity index (χ1) is 30.7. The van der Waals surface area contributed by atoms with Crippen LogP contribution in [0.15, 0.2) is 218 Å². The van der Waals surface area contributed by atoms with Gasteiger partial charge in [-0.1, -0.05) is 140 Å². The van der Waals surface area contributed by atoms with Gasteiger partial charge in [0.25, 0.3) is 0 Å². The minimum Gasteiger partial charge on any atom is -0.309 e. The van der Waals surface area contributed by atoms with Crippen molar-refractivity contribution in [3.05, 3.63) is 218 Å². The number of para-hydroxylation sites is 1. The summed E-state index contributed by atoms with van der Waals surface area (Å²) in [7, 11) is 0. The van der Waals surface area contributed by atoms with E-state index >= 15 is 0 Å². The Morgan fingerprint density at radius 1 is 0.226 bits per heavy atom. The molecule has 14 rings (SSSR count). The van der Waals surface area contributed by atoms with Gasteiger partial charge in [-0.3, -0.25) is 0 Å². The second kappa shape index (κ2) is 12.7. The molecule has 0 fully saturated rings. The molecule has 2 heteroatoms. The summed E-state index contributed by atoms with van der Waals surface area (Å²) in [6.07, 6.45) is 0. The molecular formula is C60H36N2. The Labute approximate surface area is 357 Å². The van der Waals surface area contributed by atoms with Crippen LogP contribution in [-0.4, -0.2) is 9.13 Å². The number of aromatic nitrogens is 2. The Bertz CT molecular complexity index is 4010. The fraction of sp³-hybridized carbons (Fsp3) is 0. The van der Waals surface area contributed by atoms with Crippen LogP contribution < -0.4 is 0 Å². The highest BCUT2D eigenvalue weighted by Crippen LogP contribution is 2.49. The summed E-state index contributed by atoms with van der Waals surface area (Å²) in [5.41, 5.74) is 17.3. The van der Waals surface area contributed by atoms with Crippen molar-refractivity contribution in [2.75, 3.05) is 0 Å². The first-order valence-corrected chi connectivity index (χ1v) is 21.5. The summed E-state index contributed by atoms with van der Waals surface area (Å²) in [5, 5.41) is 12.7. The molecule has 0 amide bonds. The summed E-state index contributed by atoms with van der Waals surface area (Å²) in [6, 6.07) is 81.1. The van der Waals surface area contributed by atoms with Gasteiger partial charge in [0.2, 0.25) is 0 Å². The molecule has 0 N–H and O–H groups in total. The predicted molar refractivity (Wildman–Crippen MR) is 263 cm³/mol. The second-order valence-electron chi connectivity index (χ2n) is 16.9. The molecule has 0 spiro atoms. The van der Waals surface area contributed by atoms with Crippen LogP contribution >= 0.6 is 0 Å². The van der Waals surface area contributed by atoms with Crippen molar-refractivity contribution in [1.82, 2.24) is 9.13 Å². The van der Waals surface area contributed by atoms with Crippen LogP contribution in [0.5, 0.6) is 0 Å². The summed E-state index contributed by atoms with van der Waals surface area (Å²) < 4.78 is 4.87. The Kier molecular flexibility index (Phi) is 6.86. The second-order valence-corrected chi connectivity index (χ2v) is 16.9. The third-order valence-corrected chi connectivity index (χ3v) is 13.6. The Hall–Kier alpha value is -8.20. The lowest BCUT2D eigenvalue weighted by molar-refractivity contribution is 1.18. The molecule has 0 atom stereocenters. The first-order valence-electron chi connectivity index (χ1n) is 21.5. The zero-order chi connectivity index (χ0) is 40.5. The molecule has 0 saturated heterocycles. The number of fused-ring (bicyclic) bond motifs is 12. The lowest BCUT2D eigenvalue weighted by Gasteiger charge is -2.12. The molecule has 0 unspecified atom stereocenters. The zero-order valence-electron chi connectivity index (χ0n) is 33.7. The number of hydrogen-bond acceptors (Lipinski definition) is 0. The van der Waals surface area contributed by atoms with E-state index in [1.807, 2.05) is 0 Å². The minimum absolute atomic E-state index is 1.15. The summed E-state index contributed by atoms with van der Waals surface area (Å²) in [5.74, 6) is 0. The molecule has 62 heavy (non-hydrogen) atoms. The molecule has 2 heterocycles. The predicted octanol–water partition coefficient (Wildman–Crippen LogP) is 16.3. The number of benzene rings is 11. The van der Waals surface area contributed by atoms with Crippen molar-refractivity contribution in [1.29, 1.82) is 0 Å². The van der Waals surface area contributed by atoms with Gasteiger partial charge in [-0.05, 0) is 156 Å². The molecule has 1 aliphatic carbocycles. The zero-order valence-corrected chi connectivity index (χ0v) is 33.7. The molecule has 0 aliphatic heterocycles. The largest absolute Gasteiger partial charge is 0.309 e. The fourth-order valence-electron chi connectivity index (χ4n) is 10.8. The summed E-state index contributed by atoms with van der Waals surface area (Å²) in [6.45, 7) is 0. The average molecular weight is 785 g/mol. The van der Waals surface area contributed by atoms with Gasteiger partial charge in [-0.2, -0.15) is 0 Å². The van der Waals surface area contributed by atoms with Gasteiger partial charge in [0, 0.05) is 32.9 Å². The third-order valence-electron chi connectivity index (χ3n) is 13.6. The van der Waals surface area contributed by atoms with Gasteiger partial charge >= 0.3 is 0 Å². The lowest BCUT2D eigenvalue weighted by atomic mass is 9.96. The maximum absolute atomic E-state index is 2.45. The highest BCUT2D eigenvalue weighted by Gasteiger charge is 2.22. The number of hydrogen-bond donors (Lipinski definition) is 0. The summed E-state index contributed by atoms with van der Waals surface area (Å²) >= 11 is 0. The lowest BCUT2D eigenvalue weighted by Crippen LogP contribution is -1.94. The van der Waals surface area contributed by atoms with Crippen LogP contribution in [-0.2, 0) is 0 Å². The molecule has 2 nitrogen and oxygen atoms in total. The Morgan fingerprint density at radius 3 is 1.60 bits per heavy atom. The normalized spacial score (nSPS) is 12.2. The number of nitrogens with zero attached hydrogens (tertiary/aromatic N) is 2. The standard InChI is InChI=1S/C60H36N2/c1-2-15-45(16-3-1)61-56-29-25-42(34-54(56)60-47-17-7-6-11-38(47)23-30-57(60)61)41-24-28-55-51(33-41)52-32-39-12-4-5-13-40(39)36-58(52)62(55)46-26-21-37(22-27-46)44-31-43-14-10-20-50-48-18-8-9-19-49(48)53(35-44)59(43)50/h1-36H. The SMILES string of the molecule is c1ccc(-n2c3ccc(-c4ccc5c(c4)c4cc6ccccc6cc4n5-c4ccc(-c5cc6c7c(cccc7c5)-c5ccccc5-6)cc4)cc3c3c4ccccc4ccc32)cc1. The van der Waals surface area contributed by atoms with Crippen molar-refractivity contribution in [2.45, 2.75) is 0 Å². The van der Waals surface area contributed by atoms with Crippen LogP contribution in [0, 0.1) is 0 Å². The van der Waals surface area contributed by atoms with Gasteiger partial charge < -0.3 is 9.13 Å². The Balaban J connectivity index is 0.940. The molecule has 0 radical (unpaired) electrons. The van der Waals surface area contributed by atoms with E-state index in [2.05, 4.69) is 228 Å². The maximum atomic E-state index is 2.45. The van der Waals surface area contributed by atoms with E-state index in [-0.39, 0.29) is 0 Å². The molecular weight excluding hydrogens is 749 g/mol. The highest BCUT2D eigenvalue weighted by atomic mass is 15.0. The van der Waals surface area contributed by atoms with E-state index in [1.54, 1.807) is 0 Å². The van der Waals surface area contributed by atoms with Crippen molar-refractivity contribution >= 4 is 75.9 Å². The van der Waals surface area contributed by atoms with E-state index in [1.165, 1.54) is 126 Å². The Morgan fingerprint density at radius 2 is 0.790 bits per heavy atom. The average Bonchev–Trinajstić information content (AvgIpc) is 3.96. The third kappa shape index (κ3) is 4.75. The fourth-order valence-corrected chi connectivity index (χ4v) is 10.8. The minimum atomic E-state index is 1.15. The molecule has 0 bridgehead atoms. The maximum Gasteiger partial charge on any atom is 0.0547 e. The van der Waals surface area contributed by atoms with Crippen molar-refractivity contribution in [3.8, 4) is 55.9 Å². The van der Waals surface area contributed by atoms with E-state index in [9.17, 15) is 0 Å². The van der Waals surface area contributed by atoms with Gasteiger partial charge in [-0.25, -0.2) is 0 Å². The van der Waals surface area contributed by atoms with Crippen molar-refractivity contribution in [2.24, 2.45) is 0 Å². The molecule has 2 aromatic heterocycles. The summed E-state index contributed by atoms with van der Waals surface area (Å²) in [4.78, 5) is 0. The first kappa shape index (κ1) is 33.6. The molecule has 11 aromatic carbocycles. The van der Waals surface area contributed by atoms with Gasteiger partial charge in [0.15, 0.2) is 0 Å². The molecule has 0 saturated carbocycles. The van der Waals surface area contributed by atoms with E-state index in [0.29, 0.717) is 0 Å².